The third-order valence-electron chi connectivity index (χ3n) is 2.96. The highest BCUT2D eigenvalue weighted by atomic mass is 15.3. The van der Waals surface area contributed by atoms with Crippen LogP contribution in [0, 0.1) is 0 Å². The van der Waals surface area contributed by atoms with Crippen molar-refractivity contribution in [1.82, 2.24) is 10.2 Å². The topological polar surface area (TPSA) is 15.3 Å². The van der Waals surface area contributed by atoms with E-state index in [-0.39, 0.29) is 0 Å². The smallest absolute Gasteiger partial charge is 0.0335 e. The van der Waals surface area contributed by atoms with Crippen molar-refractivity contribution in [2.24, 2.45) is 0 Å². The fraction of sp³-hybridized carbons (Fsp3) is 1.00. The SMILES string of the molecule is CNC12CC(C1)N(C)C2. The quantitative estimate of drug-likeness (QED) is 0.534. The predicted molar refractivity (Wildman–Crippen MR) is 37.4 cm³/mol. The van der Waals surface area contributed by atoms with Crippen LogP contribution in [0.5, 0.6) is 0 Å². The predicted octanol–water partition coefficient (Wildman–Crippen LogP) is 0.0524. The van der Waals surface area contributed by atoms with Crippen LogP contribution in [0.1, 0.15) is 12.8 Å². The van der Waals surface area contributed by atoms with E-state index in [0.717, 1.165) is 6.04 Å². The Labute approximate surface area is 56.2 Å². The zero-order valence-electron chi connectivity index (χ0n) is 6.15. The van der Waals surface area contributed by atoms with Gasteiger partial charge in [0.05, 0.1) is 0 Å². The van der Waals surface area contributed by atoms with Gasteiger partial charge in [0.2, 0.25) is 0 Å². The number of rotatable bonds is 1. The van der Waals surface area contributed by atoms with Crippen molar-refractivity contribution in [1.29, 1.82) is 0 Å². The normalized spacial score (nSPS) is 49.3. The molecule has 0 radical (unpaired) electrons. The largest absolute Gasteiger partial charge is 0.313 e. The highest BCUT2D eigenvalue weighted by molar-refractivity contribution is 5.12. The van der Waals surface area contributed by atoms with Crippen LogP contribution in [0.15, 0.2) is 0 Å². The van der Waals surface area contributed by atoms with E-state index in [1.54, 1.807) is 0 Å². The van der Waals surface area contributed by atoms with Crippen LogP contribution < -0.4 is 5.32 Å². The average molecular weight is 126 g/mol. The number of hydrogen-bond donors (Lipinski definition) is 1. The van der Waals surface area contributed by atoms with Crippen LogP contribution in [0.3, 0.4) is 0 Å². The molecule has 3 aliphatic rings. The average Bonchev–Trinajstić information content (AvgIpc) is 2.18. The number of fused-ring (bicyclic) bond motifs is 1. The first kappa shape index (κ1) is 5.69. The van der Waals surface area contributed by atoms with Gasteiger partial charge in [-0.05, 0) is 26.9 Å². The molecule has 2 bridgehead atoms. The molecule has 9 heavy (non-hydrogen) atoms. The molecular weight excluding hydrogens is 112 g/mol. The lowest BCUT2D eigenvalue weighted by Crippen LogP contribution is -2.50. The van der Waals surface area contributed by atoms with Crippen LogP contribution in [0.2, 0.25) is 0 Å². The first-order valence-electron chi connectivity index (χ1n) is 3.65. The second-order valence-electron chi connectivity index (χ2n) is 3.51. The second kappa shape index (κ2) is 1.50. The molecule has 2 aliphatic heterocycles. The molecule has 0 aromatic heterocycles. The number of likely N-dealkylation sites (N-methyl/N-ethyl adjacent to an activating group) is 2. The van der Waals surface area contributed by atoms with E-state index in [0.29, 0.717) is 5.54 Å². The molecule has 2 heteroatoms. The molecular formula is C7H14N2. The summed E-state index contributed by atoms with van der Waals surface area (Å²) in [6.07, 6.45) is 2.75. The molecule has 52 valence electrons. The van der Waals surface area contributed by atoms with Crippen molar-refractivity contribution in [2.45, 2.75) is 24.4 Å². The van der Waals surface area contributed by atoms with Crippen molar-refractivity contribution in [3.63, 3.8) is 0 Å². The van der Waals surface area contributed by atoms with Crippen molar-refractivity contribution < 1.29 is 0 Å². The van der Waals surface area contributed by atoms with Gasteiger partial charge in [-0.2, -0.15) is 0 Å². The number of nitrogens with zero attached hydrogens (tertiary/aromatic N) is 1. The molecule has 1 aliphatic carbocycles. The van der Waals surface area contributed by atoms with Gasteiger partial charge in [-0.15, -0.1) is 0 Å². The standard InChI is InChI=1S/C7H14N2/c1-8-7-3-6(4-7)9(2)5-7/h6,8H,3-5H2,1-2H3. The van der Waals surface area contributed by atoms with E-state index in [9.17, 15) is 0 Å². The molecule has 3 fully saturated rings. The van der Waals surface area contributed by atoms with E-state index in [1.807, 2.05) is 0 Å². The molecule has 1 N–H and O–H groups in total. The van der Waals surface area contributed by atoms with Gasteiger partial charge in [-0.3, -0.25) is 0 Å². The Morgan fingerprint density at radius 1 is 1.56 bits per heavy atom. The summed E-state index contributed by atoms with van der Waals surface area (Å²) in [5.41, 5.74) is 0.527. The number of nitrogens with one attached hydrogen (secondary N) is 1. The van der Waals surface area contributed by atoms with E-state index >= 15 is 0 Å². The maximum atomic E-state index is 3.40. The minimum Gasteiger partial charge on any atom is -0.313 e. The summed E-state index contributed by atoms with van der Waals surface area (Å²) in [7, 11) is 4.30. The Bertz CT molecular complexity index is 127. The molecule has 2 nitrogen and oxygen atoms in total. The molecule has 3 rings (SSSR count). The summed E-state index contributed by atoms with van der Waals surface area (Å²) in [4.78, 5) is 2.45. The Hall–Kier alpha value is -0.0800. The van der Waals surface area contributed by atoms with E-state index in [2.05, 4.69) is 24.3 Å². The summed E-state index contributed by atoms with van der Waals surface area (Å²) in [5.74, 6) is 0. The molecule has 0 aromatic carbocycles. The van der Waals surface area contributed by atoms with Crippen LogP contribution >= 0.6 is 0 Å². The van der Waals surface area contributed by atoms with E-state index in [1.165, 1.54) is 19.4 Å². The lowest BCUT2D eigenvalue weighted by atomic mass is 9.78. The minimum absolute atomic E-state index is 0.527. The zero-order chi connectivity index (χ0) is 6.48. The highest BCUT2D eigenvalue weighted by Gasteiger charge is 2.52. The van der Waals surface area contributed by atoms with Gasteiger partial charge in [0.15, 0.2) is 0 Å². The van der Waals surface area contributed by atoms with Crippen LogP contribution in [0.25, 0.3) is 0 Å². The Kier molecular flexibility index (Phi) is 0.945. The molecule has 2 saturated heterocycles. The van der Waals surface area contributed by atoms with E-state index in [4.69, 9.17) is 0 Å². The van der Waals surface area contributed by atoms with Crippen LogP contribution in [-0.2, 0) is 0 Å². The lowest BCUT2D eigenvalue weighted by molar-refractivity contribution is 0.230. The third kappa shape index (κ3) is 0.578. The van der Waals surface area contributed by atoms with E-state index < -0.39 is 0 Å². The van der Waals surface area contributed by atoms with Gasteiger partial charge in [0.1, 0.15) is 0 Å². The Morgan fingerprint density at radius 2 is 2.22 bits per heavy atom. The summed E-state index contributed by atoms with van der Waals surface area (Å²) in [5, 5.41) is 3.40. The van der Waals surface area contributed by atoms with Crippen molar-refractivity contribution in [3.05, 3.63) is 0 Å². The molecule has 0 spiro atoms. The molecule has 1 saturated carbocycles. The first-order chi connectivity index (χ1) is 4.26. The summed E-state index contributed by atoms with van der Waals surface area (Å²) >= 11 is 0. The van der Waals surface area contributed by atoms with Gasteiger partial charge in [0.25, 0.3) is 0 Å². The van der Waals surface area contributed by atoms with Gasteiger partial charge >= 0.3 is 0 Å². The highest BCUT2D eigenvalue weighted by Crippen LogP contribution is 2.42. The second-order valence-corrected chi connectivity index (χ2v) is 3.51. The Balaban J connectivity index is 2.09. The van der Waals surface area contributed by atoms with Gasteiger partial charge < -0.3 is 10.2 Å². The van der Waals surface area contributed by atoms with Gasteiger partial charge in [0, 0.05) is 18.1 Å². The molecule has 2 heterocycles. The maximum Gasteiger partial charge on any atom is 0.0335 e. The van der Waals surface area contributed by atoms with Gasteiger partial charge in [-0.25, -0.2) is 0 Å². The molecule has 0 atom stereocenters. The van der Waals surface area contributed by atoms with Crippen molar-refractivity contribution in [3.8, 4) is 0 Å². The molecule has 0 amide bonds. The first-order valence-corrected chi connectivity index (χ1v) is 3.65. The van der Waals surface area contributed by atoms with Crippen molar-refractivity contribution >= 4 is 0 Å². The fourth-order valence-corrected chi connectivity index (χ4v) is 2.17. The van der Waals surface area contributed by atoms with Crippen LogP contribution in [0.4, 0.5) is 0 Å². The van der Waals surface area contributed by atoms with Crippen LogP contribution in [-0.4, -0.2) is 37.1 Å². The summed E-state index contributed by atoms with van der Waals surface area (Å²) < 4.78 is 0. The summed E-state index contributed by atoms with van der Waals surface area (Å²) in [6.45, 7) is 1.26. The number of hydrogen-bond acceptors (Lipinski definition) is 2. The minimum atomic E-state index is 0.527. The fourth-order valence-electron chi connectivity index (χ4n) is 2.17. The third-order valence-corrected chi connectivity index (χ3v) is 2.96. The Morgan fingerprint density at radius 3 is 2.44 bits per heavy atom. The monoisotopic (exact) mass is 126 g/mol. The summed E-state index contributed by atoms with van der Waals surface area (Å²) in [6, 6.07) is 0.900. The van der Waals surface area contributed by atoms with Gasteiger partial charge in [-0.1, -0.05) is 0 Å². The van der Waals surface area contributed by atoms with Crippen molar-refractivity contribution in [2.75, 3.05) is 20.6 Å². The maximum absolute atomic E-state index is 3.40. The molecule has 0 unspecified atom stereocenters. The zero-order valence-corrected chi connectivity index (χ0v) is 6.15. The lowest BCUT2D eigenvalue weighted by Gasteiger charge is -2.36. The molecule has 0 aromatic rings.